The van der Waals surface area contributed by atoms with E-state index in [0.29, 0.717) is 23.9 Å². The quantitative estimate of drug-likeness (QED) is 0.709. The minimum Gasteiger partial charge on any atom is -0.338 e. The molecular formula is C21H26N6O3. The number of carbonyl (C=O) groups excluding carboxylic acids is 1. The first-order chi connectivity index (χ1) is 14.3. The number of benzene rings is 1. The lowest BCUT2D eigenvalue weighted by molar-refractivity contribution is -0.117. The van der Waals surface area contributed by atoms with Crippen molar-refractivity contribution in [2.24, 2.45) is 0 Å². The number of nitrogens with one attached hydrogen (secondary N) is 1. The van der Waals surface area contributed by atoms with Gasteiger partial charge in [0.15, 0.2) is 0 Å². The molecule has 0 bridgehead atoms. The summed E-state index contributed by atoms with van der Waals surface area (Å²) in [6, 6.07) is 7.17. The first-order valence-corrected chi connectivity index (χ1v) is 10.2. The van der Waals surface area contributed by atoms with Crippen LogP contribution < -0.4 is 11.0 Å². The van der Waals surface area contributed by atoms with E-state index >= 15 is 0 Å². The summed E-state index contributed by atoms with van der Waals surface area (Å²) >= 11 is 0. The van der Waals surface area contributed by atoms with Crippen molar-refractivity contribution >= 4 is 11.6 Å². The summed E-state index contributed by atoms with van der Waals surface area (Å²) in [6.07, 6.45) is 3.86. The third kappa shape index (κ3) is 4.19. The van der Waals surface area contributed by atoms with Gasteiger partial charge in [0.2, 0.25) is 17.6 Å². The largest absolute Gasteiger partial charge is 0.346 e. The van der Waals surface area contributed by atoms with E-state index in [9.17, 15) is 9.59 Å². The summed E-state index contributed by atoms with van der Waals surface area (Å²) in [7, 11) is 0. The molecule has 0 radical (unpaired) electrons. The average Bonchev–Trinajstić information content (AvgIpc) is 3.22. The van der Waals surface area contributed by atoms with Crippen LogP contribution in [0.4, 0.5) is 5.69 Å². The Morgan fingerprint density at radius 2 is 1.93 bits per heavy atom. The molecule has 2 aromatic heterocycles. The minimum absolute atomic E-state index is 0.111. The van der Waals surface area contributed by atoms with Crippen LogP contribution in [0.1, 0.15) is 51.7 Å². The summed E-state index contributed by atoms with van der Waals surface area (Å²) in [5, 5.41) is 11.2. The average molecular weight is 410 g/mol. The number of rotatable bonds is 4. The number of amides is 1. The van der Waals surface area contributed by atoms with Crippen molar-refractivity contribution in [1.29, 1.82) is 0 Å². The van der Waals surface area contributed by atoms with Gasteiger partial charge in [-0.15, -0.1) is 0 Å². The fraction of sp³-hybridized carbons (Fsp3) is 0.476. The molecule has 1 aromatic carbocycles. The van der Waals surface area contributed by atoms with Gasteiger partial charge in [-0.25, -0.2) is 9.48 Å². The van der Waals surface area contributed by atoms with E-state index in [1.165, 1.54) is 4.68 Å². The molecule has 0 saturated carbocycles. The SMILES string of the molecule is CC(C)(C)c1nc(-c2ccc(NC(=O)Cn3nc4n(c3=O)CCCCC4)cc2)no1. The van der Waals surface area contributed by atoms with Gasteiger partial charge < -0.3 is 9.84 Å². The van der Waals surface area contributed by atoms with Crippen LogP contribution in [0.2, 0.25) is 0 Å². The highest BCUT2D eigenvalue weighted by Gasteiger charge is 2.22. The molecule has 0 fully saturated rings. The van der Waals surface area contributed by atoms with Gasteiger partial charge in [-0.05, 0) is 37.1 Å². The molecule has 1 amide bonds. The molecule has 3 aromatic rings. The van der Waals surface area contributed by atoms with Crippen LogP contribution in [-0.4, -0.2) is 30.4 Å². The smallest absolute Gasteiger partial charge is 0.338 e. The van der Waals surface area contributed by atoms with Crippen LogP contribution in [0.3, 0.4) is 0 Å². The molecule has 0 saturated heterocycles. The maximum absolute atomic E-state index is 12.5. The van der Waals surface area contributed by atoms with Gasteiger partial charge in [-0.1, -0.05) is 32.3 Å². The molecule has 0 unspecified atom stereocenters. The van der Waals surface area contributed by atoms with E-state index in [4.69, 9.17) is 4.52 Å². The fourth-order valence-electron chi connectivity index (χ4n) is 3.41. The van der Waals surface area contributed by atoms with Gasteiger partial charge in [-0.3, -0.25) is 9.36 Å². The van der Waals surface area contributed by atoms with Crippen LogP contribution in [0.5, 0.6) is 0 Å². The Kier molecular flexibility index (Phi) is 5.27. The Balaban J connectivity index is 1.42. The molecular weight excluding hydrogens is 384 g/mol. The molecule has 158 valence electrons. The van der Waals surface area contributed by atoms with E-state index < -0.39 is 0 Å². The van der Waals surface area contributed by atoms with E-state index in [2.05, 4.69) is 20.6 Å². The van der Waals surface area contributed by atoms with Gasteiger partial charge in [0.1, 0.15) is 12.4 Å². The summed E-state index contributed by atoms with van der Waals surface area (Å²) in [4.78, 5) is 29.3. The highest BCUT2D eigenvalue weighted by molar-refractivity contribution is 5.90. The second-order valence-electron chi connectivity index (χ2n) is 8.62. The molecule has 30 heavy (non-hydrogen) atoms. The Labute approximate surface area is 174 Å². The van der Waals surface area contributed by atoms with Crippen molar-refractivity contribution in [1.82, 2.24) is 24.5 Å². The summed E-state index contributed by atoms with van der Waals surface area (Å²) in [5.41, 5.74) is 0.977. The van der Waals surface area contributed by atoms with Gasteiger partial charge in [0.25, 0.3) is 0 Å². The van der Waals surface area contributed by atoms with E-state index in [1.807, 2.05) is 32.9 Å². The molecule has 9 nitrogen and oxygen atoms in total. The van der Waals surface area contributed by atoms with Gasteiger partial charge in [0, 0.05) is 29.6 Å². The Morgan fingerprint density at radius 3 is 2.63 bits per heavy atom. The molecule has 4 rings (SSSR count). The van der Waals surface area contributed by atoms with Crippen molar-refractivity contribution in [3.05, 3.63) is 46.5 Å². The highest BCUT2D eigenvalue weighted by atomic mass is 16.5. The van der Waals surface area contributed by atoms with Crippen LogP contribution >= 0.6 is 0 Å². The summed E-state index contributed by atoms with van der Waals surface area (Å²) in [5.74, 6) is 1.54. The first kappa shape index (κ1) is 20.1. The van der Waals surface area contributed by atoms with Crippen LogP contribution in [0, 0.1) is 0 Å². The number of carbonyl (C=O) groups is 1. The zero-order chi connectivity index (χ0) is 21.3. The van der Waals surface area contributed by atoms with Gasteiger partial charge in [-0.2, -0.15) is 10.1 Å². The predicted octanol–water partition coefficient (Wildman–Crippen LogP) is 2.76. The lowest BCUT2D eigenvalue weighted by Crippen LogP contribution is -2.30. The second-order valence-corrected chi connectivity index (χ2v) is 8.62. The lowest BCUT2D eigenvalue weighted by Gasteiger charge is -2.10. The third-order valence-corrected chi connectivity index (χ3v) is 5.07. The third-order valence-electron chi connectivity index (χ3n) is 5.07. The standard InChI is InChI=1S/C21H26N6O3/c1-21(2,3)19-23-18(25-30-19)14-8-10-15(11-9-14)22-17(28)13-27-20(29)26-12-6-4-5-7-16(26)24-27/h8-11H,4-7,12-13H2,1-3H3,(H,22,28). The molecule has 1 aliphatic rings. The second kappa shape index (κ2) is 7.89. The van der Waals surface area contributed by atoms with Crippen molar-refractivity contribution in [3.8, 4) is 11.4 Å². The van der Waals surface area contributed by atoms with Crippen molar-refractivity contribution in [2.75, 3.05) is 5.32 Å². The number of aryl methyl sites for hydroxylation is 1. The molecule has 3 heterocycles. The summed E-state index contributed by atoms with van der Waals surface area (Å²) < 4.78 is 8.26. The van der Waals surface area contributed by atoms with Gasteiger partial charge in [0.05, 0.1) is 0 Å². The van der Waals surface area contributed by atoms with Crippen molar-refractivity contribution < 1.29 is 9.32 Å². The van der Waals surface area contributed by atoms with Crippen molar-refractivity contribution in [3.63, 3.8) is 0 Å². The molecule has 0 atom stereocenters. The topological polar surface area (TPSA) is 108 Å². The number of hydrogen-bond acceptors (Lipinski definition) is 6. The Hall–Kier alpha value is -3.23. The number of aromatic nitrogens is 5. The van der Waals surface area contributed by atoms with Crippen LogP contribution in [-0.2, 0) is 29.7 Å². The lowest BCUT2D eigenvalue weighted by atomic mass is 9.97. The Bertz CT molecular complexity index is 1100. The van der Waals surface area contributed by atoms with Crippen LogP contribution in [0.25, 0.3) is 11.4 Å². The molecule has 0 aliphatic carbocycles. The first-order valence-electron chi connectivity index (χ1n) is 10.2. The predicted molar refractivity (Wildman–Crippen MR) is 111 cm³/mol. The number of fused-ring (bicyclic) bond motifs is 1. The van der Waals surface area contributed by atoms with E-state index in [-0.39, 0.29) is 23.6 Å². The normalized spacial score (nSPS) is 14.2. The molecule has 1 N–H and O–H groups in total. The molecule has 9 heteroatoms. The van der Waals surface area contributed by atoms with E-state index in [1.54, 1.807) is 16.7 Å². The number of anilines is 1. The summed E-state index contributed by atoms with van der Waals surface area (Å²) in [6.45, 7) is 6.58. The minimum atomic E-state index is -0.298. The van der Waals surface area contributed by atoms with Crippen LogP contribution in [0.15, 0.2) is 33.6 Å². The fourth-order valence-corrected chi connectivity index (χ4v) is 3.41. The zero-order valence-electron chi connectivity index (χ0n) is 17.5. The molecule has 1 aliphatic heterocycles. The van der Waals surface area contributed by atoms with E-state index in [0.717, 1.165) is 37.1 Å². The maximum Gasteiger partial charge on any atom is 0.346 e. The van der Waals surface area contributed by atoms with Gasteiger partial charge >= 0.3 is 5.69 Å². The van der Waals surface area contributed by atoms with Crippen molar-refractivity contribution in [2.45, 2.75) is 65.0 Å². The molecule has 0 spiro atoms. The highest BCUT2D eigenvalue weighted by Crippen LogP contribution is 2.24. The zero-order valence-corrected chi connectivity index (χ0v) is 17.5. The number of nitrogens with zero attached hydrogens (tertiary/aromatic N) is 5. The monoisotopic (exact) mass is 410 g/mol. The maximum atomic E-state index is 12.5. The Morgan fingerprint density at radius 1 is 1.17 bits per heavy atom. The number of hydrogen-bond donors (Lipinski definition) is 1.